The SMILES string of the molecule is Cc1cccc(-c2c(CC(C)C)c(O)nn2-c2ccccc2)c1. The number of aryl methyl sites for hydroxylation is 1. The summed E-state index contributed by atoms with van der Waals surface area (Å²) in [4.78, 5) is 0. The van der Waals surface area contributed by atoms with Gasteiger partial charge in [0.15, 0.2) is 0 Å². The van der Waals surface area contributed by atoms with Crippen LogP contribution in [0, 0.1) is 12.8 Å². The van der Waals surface area contributed by atoms with Crippen LogP contribution in [0.2, 0.25) is 0 Å². The van der Waals surface area contributed by atoms with E-state index in [0.717, 1.165) is 28.9 Å². The Bertz CT molecular complexity index is 804. The zero-order chi connectivity index (χ0) is 16.4. The van der Waals surface area contributed by atoms with E-state index < -0.39 is 0 Å². The predicted octanol–water partition coefficient (Wildman–Crippen LogP) is 4.75. The number of para-hydroxylation sites is 1. The van der Waals surface area contributed by atoms with E-state index in [4.69, 9.17) is 0 Å². The molecule has 0 aliphatic heterocycles. The molecule has 0 saturated carbocycles. The highest BCUT2D eigenvalue weighted by atomic mass is 16.3. The third-order valence-corrected chi connectivity index (χ3v) is 3.87. The van der Waals surface area contributed by atoms with E-state index in [1.54, 1.807) is 0 Å². The van der Waals surface area contributed by atoms with Gasteiger partial charge in [0.1, 0.15) is 0 Å². The number of benzene rings is 2. The monoisotopic (exact) mass is 306 g/mol. The fourth-order valence-electron chi connectivity index (χ4n) is 2.88. The van der Waals surface area contributed by atoms with Crippen molar-refractivity contribution < 1.29 is 5.11 Å². The average Bonchev–Trinajstić information content (AvgIpc) is 2.84. The lowest BCUT2D eigenvalue weighted by molar-refractivity contribution is 0.438. The van der Waals surface area contributed by atoms with Crippen molar-refractivity contribution >= 4 is 0 Å². The fraction of sp³-hybridized carbons (Fsp3) is 0.250. The lowest BCUT2D eigenvalue weighted by Crippen LogP contribution is -2.01. The Hall–Kier alpha value is -2.55. The van der Waals surface area contributed by atoms with Gasteiger partial charge >= 0.3 is 0 Å². The first-order chi connectivity index (χ1) is 11.1. The van der Waals surface area contributed by atoms with Gasteiger partial charge in [0.05, 0.1) is 11.4 Å². The number of hydrogen-bond acceptors (Lipinski definition) is 2. The summed E-state index contributed by atoms with van der Waals surface area (Å²) in [5, 5.41) is 14.8. The molecule has 1 heterocycles. The molecule has 0 radical (unpaired) electrons. The predicted molar refractivity (Wildman–Crippen MR) is 93.9 cm³/mol. The molecule has 23 heavy (non-hydrogen) atoms. The minimum Gasteiger partial charge on any atom is -0.492 e. The summed E-state index contributed by atoms with van der Waals surface area (Å²) >= 11 is 0. The molecule has 1 N–H and O–H groups in total. The van der Waals surface area contributed by atoms with Crippen LogP contribution in [0.15, 0.2) is 54.6 Å². The van der Waals surface area contributed by atoms with Crippen molar-refractivity contribution in [3.63, 3.8) is 0 Å². The summed E-state index contributed by atoms with van der Waals surface area (Å²) in [5.41, 5.74) is 5.12. The molecule has 0 aliphatic carbocycles. The maximum atomic E-state index is 10.4. The van der Waals surface area contributed by atoms with Crippen molar-refractivity contribution in [1.29, 1.82) is 0 Å². The van der Waals surface area contributed by atoms with E-state index in [2.05, 4.69) is 44.1 Å². The standard InChI is InChI=1S/C20H22N2O/c1-14(2)12-18-19(16-9-7-8-15(3)13-16)22(21-20(18)23)17-10-5-4-6-11-17/h4-11,13-14H,12H2,1-3H3,(H,21,23). The Labute approximate surface area is 137 Å². The van der Waals surface area contributed by atoms with Crippen molar-refractivity contribution in [3.05, 3.63) is 65.7 Å². The third-order valence-electron chi connectivity index (χ3n) is 3.87. The minimum atomic E-state index is 0.124. The highest BCUT2D eigenvalue weighted by molar-refractivity contribution is 5.69. The quantitative estimate of drug-likeness (QED) is 0.755. The van der Waals surface area contributed by atoms with Crippen molar-refractivity contribution in [2.75, 3.05) is 0 Å². The van der Waals surface area contributed by atoms with Crippen LogP contribution in [0.25, 0.3) is 16.9 Å². The van der Waals surface area contributed by atoms with E-state index in [0.29, 0.717) is 5.92 Å². The van der Waals surface area contributed by atoms with Gasteiger partial charge < -0.3 is 5.11 Å². The highest BCUT2D eigenvalue weighted by Gasteiger charge is 2.20. The van der Waals surface area contributed by atoms with Gasteiger partial charge in [-0.15, -0.1) is 5.10 Å². The van der Waals surface area contributed by atoms with Gasteiger partial charge in [-0.1, -0.05) is 55.8 Å². The molecule has 3 nitrogen and oxygen atoms in total. The van der Waals surface area contributed by atoms with Crippen LogP contribution in [0.5, 0.6) is 5.88 Å². The smallest absolute Gasteiger partial charge is 0.234 e. The second kappa shape index (κ2) is 6.29. The molecular formula is C20H22N2O. The summed E-state index contributed by atoms with van der Waals surface area (Å²) in [5.74, 6) is 0.567. The number of rotatable bonds is 4. The topological polar surface area (TPSA) is 38.1 Å². The summed E-state index contributed by atoms with van der Waals surface area (Å²) in [6.45, 7) is 6.38. The van der Waals surface area contributed by atoms with Gasteiger partial charge in [0.25, 0.3) is 0 Å². The molecule has 0 bridgehead atoms. The number of hydrogen-bond donors (Lipinski definition) is 1. The second-order valence-corrected chi connectivity index (χ2v) is 6.37. The zero-order valence-corrected chi connectivity index (χ0v) is 13.8. The van der Waals surface area contributed by atoms with Crippen LogP contribution < -0.4 is 0 Å². The van der Waals surface area contributed by atoms with Gasteiger partial charge in [-0.05, 0) is 37.5 Å². The maximum absolute atomic E-state index is 10.4. The van der Waals surface area contributed by atoms with E-state index in [1.807, 2.05) is 41.1 Å². The Morgan fingerprint density at radius 1 is 1.04 bits per heavy atom. The molecule has 1 aromatic heterocycles. The van der Waals surface area contributed by atoms with Gasteiger partial charge in [-0.25, -0.2) is 4.68 Å². The van der Waals surface area contributed by atoms with Gasteiger partial charge in [0.2, 0.25) is 5.88 Å². The minimum absolute atomic E-state index is 0.124. The van der Waals surface area contributed by atoms with Crippen LogP contribution in [0.1, 0.15) is 25.0 Å². The second-order valence-electron chi connectivity index (χ2n) is 6.37. The molecule has 0 fully saturated rings. The third kappa shape index (κ3) is 3.14. The Kier molecular flexibility index (Phi) is 4.20. The van der Waals surface area contributed by atoms with E-state index >= 15 is 0 Å². The number of aromatic hydroxyl groups is 1. The number of aromatic nitrogens is 2. The molecule has 3 heteroatoms. The molecule has 2 aromatic carbocycles. The molecule has 0 aliphatic rings. The molecule has 0 saturated heterocycles. The first-order valence-corrected chi connectivity index (χ1v) is 7.99. The van der Waals surface area contributed by atoms with Crippen LogP contribution in [0.3, 0.4) is 0 Å². The summed E-state index contributed by atoms with van der Waals surface area (Å²) < 4.78 is 1.85. The first kappa shape index (κ1) is 15.3. The Morgan fingerprint density at radius 2 is 1.78 bits per heavy atom. The molecule has 118 valence electrons. The maximum Gasteiger partial charge on any atom is 0.234 e. The average molecular weight is 306 g/mol. The Balaban J connectivity index is 2.25. The lowest BCUT2D eigenvalue weighted by atomic mass is 9.98. The summed E-state index contributed by atoms with van der Waals surface area (Å²) in [6.07, 6.45) is 0.794. The first-order valence-electron chi connectivity index (χ1n) is 7.99. The lowest BCUT2D eigenvalue weighted by Gasteiger charge is -2.11. The highest BCUT2D eigenvalue weighted by Crippen LogP contribution is 2.34. The molecule has 3 rings (SSSR count). The van der Waals surface area contributed by atoms with Crippen LogP contribution in [-0.4, -0.2) is 14.9 Å². The molecule has 0 amide bonds. The molecular weight excluding hydrogens is 284 g/mol. The molecule has 0 unspecified atom stereocenters. The van der Waals surface area contributed by atoms with Crippen LogP contribution >= 0.6 is 0 Å². The van der Waals surface area contributed by atoms with E-state index in [1.165, 1.54) is 5.56 Å². The fourth-order valence-corrected chi connectivity index (χ4v) is 2.88. The number of nitrogens with zero attached hydrogens (tertiary/aromatic N) is 2. The summed E-state index contributed by atoms with van der Waals surface area (Å²) in [6, 6.07) is 18.3. The van der Waals surface area contributed by atoms with Crippen molar-refractivity contribution in [1.82, 2.24) is 9.78 Å². The van der Waals surface area contributed by atoms with Crippen molar-refractivity contribution in [3.8, 4) is 22.8 Å². The van der Waals surface area contributed by atoms with E-state index in [9.17, 15) is 5.11 Å². The van der Waals surface area contributed by atoms with Crippen molar-refractivity contribution in [2.24, 2.45) is 5.92 Å². The summed E-state index contributed by atoms with van der Waals surface area (Å²) in [7, 11) is 0. The molecule has 0 atom stereocenters. The van der Waals surface area contributed by atoms with Gasteiger partial charge in [-0.3, -0.25) is 0 Å². The van der Waals surface area contributed by atoms with Gasteiger partial charge in [0, 0.05) is 11.1 Å². The van der Waals surface area contributed by atoms with Crippen molar-refractivity contribution in [2.45, 2.75) is 27.2 Å². The molecule has 0 spiro atoms. The van der Waals surface area contributed by atoms with E-state index in [-0.39, 0.29) is 5.88 Å². The largest absolute Gasteiger partial charge is 0.492 e. The van der Waals surface area contributed by atoms with Gasteiger partial charge in [-0.2, -0.15) is 0 Å². The van der Waals surface area contributed by atoms with Crippen LogP contribution in [0.4, 0.5) is 0 Å². The Morgan fingerprint density at radius 3 is 2.43 bits per heavy atom. The normalized spacial score (nSPS) is 11.1. The van der Waals surface area contributed by atoms with Crippen LogP contribution in [-0.2, 0) is 6.42 Å². The molecule has 3 aromatic rings. The zero-order valence-electron chi connectivity index (χ0n) is 13.8.